The number of aromatic nitrogens is 3. The van der Waals surface area contributed by atoms with Crippen molar-refractivity contribution in [2.24, 2.45) is 7.05 Å². The zero-order valence-electron chi connectivity index (χ0n) is 17.0. The Kier molecular flexibility index (Phi) is 5.51. The van der Waals surface area contributed by atoms with Gasteiger partial charge in [0.25, 0.3) is 11.8 Å². The Morgan fingerprint density at radius 1 is 1.13 bits per heavy atom. The number of aryl methyl sites for hydroxylation is 1. The van der Waals surface area contributed by atoms with Crippen LogP contribution in [-0.2, 0) is 12.6 Å². The lowest BCUT2D eigenvalue weighted by atomic mass is 9.85. The van der Waals surface area contributed by atoms with E-state index in [-0.39, 0.29) is 43.1 Å². The first-order chi connectivity index (χ1) is 14.9. The number of amides is 2. The number of hydrogen-bond acceptors (Lipinski definition) is 5. The lowest BCUT2D eigenvalue weighted by Gasteiger charge is -2.38. The van der Waals surface area contributed by atoms with Crippen LogP contribution in [0.4, 0.5) is 10.1 Å². The summed E-state index contributed by atoms with van der Waals surface area (Å²) in [6.07, 6.45) is 3.36. The van der Waals surface area contributed by atoms with Crippen molar-refractivity contribution in [1.82, 2.24) is 19.7 Å². The molecule has 1 aromatic carbocycles. The van der Waals surface area contributed by atoms with Crippen molar-refractivity contribution >= 4 is 17.5 Å². The molecule has 4 rings (SSSR count). The molecular weight excluding hydrogens is 401 g/mol. The van der Waals surface area contributed by atoms with Crippen LogP contribution in [0, 0.1) is 5.95 Å². The van der Waals surface area contributed by atoms with Gasteiger partial charge in [0.1, 0.15) is 0 Å². The molecule has 1 fully saturated rings. The summed E-state index contributed by atoms with van der Waals surface area (Å²) < 4.78 is 15.6. The fourth-order valence-corrected chi connectivity index (χ4v) is 3.75. The van der Waals surface area contributed by atoms with E-state index in [0.717, 1.165) is 0 Å². The molecule has 0 unspecified atom stereocenters. The molecule has 31 heavy (non-hydrogen) atoms. The maximum atomic E-state index is 14.1. The second kappa shape index (κ2) is 8.27. The Balaban J connectivity index is 1.48. The van der Waals surface area contributed by atoms with E-state index in [2.05, 4.69) is 15.4 Å². The summed E-state index contributed by atoms with van der Waals surface area (Å²) in [4.78, 5) is 30.8. The Morgan fingerprint density at radius 3 is 2.55 bits per heavy atom. The van der Waals surface area contributed by atoms with Crippen LogP contribution in [0.1, 0.15) is 39.3 Å². The SMILES string of the molecule is Cn1ccc(C(=O)Nc2ccccc2C(=O)N2CCC(O)(c3cccnc3F)CC2)n1. The molecule has 0 bridgehead atoms. The molecule has 0 aliphatic carbocycles. The molecule has 2 amide bonds. The monoisotopic (exact) mass is 423 g/mol. The number of piperidine rings is 1. The molecule has 3 heterocycles. The van der Waals surface area contributed by atoms with Gasteiger partial charge in [-0.25, -0.2) is 4.98 Å². The second-order valence-electron chi connectivity index (χ2n) is 7.54. The van der Waals surface area contributed by atoms with Gasteiger partial charge < -0.3 is 15.3 Å². The van der Waals surface area contributed by atoms with E-state index in [4.69, 9.17) is 0 Å². The first-order valence-electron chi connectivity index (χ1n) is 9.90. The van der Waals surface area contributed by atoms with Gasteiger partial charge >= 0.3 is 0 Å². The Morgan fingerprint density at radius 2 is 1.87 bits per heavy atom. The molecule has 0 radical (unpaired) electrons. The fraction of sp³-hybridized carbons (Fsp3) is 0.273. The number of carbonyl (C=O) groups is 2. The van der Waals surface area contributed by atoms with Crippen LogP contribution >= 0.6 is 0 Å². The summed E-state index contributed by atoms with van der Waals surface area (Å²) in [6, 6.07) is 11.4. The minimum absolute atomic E-state index is 0.144. The van der Waals surface area contributed by atoms with E-state index in [1.807, 2.05) is 0 Å². The van der Waals surface area contributed by atoms with Gasteiger partial charge in [0, 0.05) is 38.1 Å². The Hall–Kier alpha value is -3.59. The molecule has 8 nitrogen and oxygen atoms in total. The van der Waals surface area contributed by atoms with Gasteiger partial charge in [-0.15, -0.1) is 0 Å². The van der Waals surface area contributed by atoms with Crippen LogP contribution in [0.25, 0.3) is 0 Å². The topological polar surface area (TPSA) is 100 Å². The number of benzene rings is 1. The molecule has 2 N–H and O–H groups in total. The molecule has 9 heteroatoms. The van der Waals surface area contributed by atoms with Crippen LogP contribution in [0.5, 0.6) is 0 Å². The predicted octanol–water partition coefficient (Wildman–Crippen LogP) is 2.33. The Labute approximate surface area is 178 Å². The van der Waals surface area contributed by atoms with Crippen molar-refractivity contribution in [2.45, 2.75) is 18.4 Å². The van der Waals surface area contributed by atoms with Gasteiger partial charge in [0.2, 0.25) is 5.95 Å². The number of nitrogens with zero attached hydrogens (tertiary/aromatic N) is 4. The normalized spacial score (nSPS) is 15.5. The average molecular weight is 423 g/mol. The fourth-order valence-electron chi connectivity index (χ4n) is 3.75. The molecule has 3 aromatic rings. The van der Waals surface area contributed by atoms with Crippen molar-refractivity contribution in [3.8, 4) is 0 Å². The van der Waals surface area contributed by atoms with Crippen molar-refractivity contribution in [2.75, 3.05) is 18.4 Å². The molecule has 1 aliphatic rings. The minimum Gasteiger partial charge on any atom is -0.385 e. The molecular formula is C22H22FN5O3. The lowest BCUT2D eigenvalue weighted by molar-refractivity contribution is -0.0240. The highest BCUT2D eigenvalue weighted by molar-refractivity contribution is 6.08. The summed E-state index contributed by atoms with van der Waals surface area (Å²) in [5, 5.41) is 17.7. The molecule has 1 aliphatic heterocycles. The lowest BCUT2D eigenvalue weighted by Crippen LogP contribution is -2.45. The van der Waals surface area contributed by atoms with E-state index >= 15 is 0 Å². The maximum absolute atomic E-state index is 14.1. The minimum atomic E-state index is -1.37. The summed E-state index contributed by atoms with van der Waals surface area (Å²) in [5.41, 5.74) is -0.273. The number of rotatable bonds is 4. The van der Waals surface area contributed by atoms with Gasteiger partial charge in [-0.05, 0) is 37.1 Å². The molecule has 0 atom stereocenters. The number of pyridine rings is 1. The van der Waals surface area contributed by atoms with Crippen molar-refractivity contribution in [3.05, 3.63) is 77.6 Å². The van der Waals surface area contributed by atoms with E-state index < -0.39 is 17.5 Å². The highest BCUT2D eigenvalue weighted by atomic mass is 19.1. The van der Waals surface area contributed by atoms with Crippen molar-refractivity contribution in [3.63, 3.8) is 0 Å². The predicted molar refractivity (Wildman–Crippen MR) is 111 cm³/mol. The van der Waals surface area contributed by atoms with Crippen LogP contribution in [0.15, 0.2) is 54.9 Å². The third-order valence-corrected chi connectivity index (χ3v) is 5.49. The van der Waals surface area contributed by atoms with Crippen molar-refractivity contribution in [1.29, 1.82) is 0 Å². The molecule has 0 spiro atoms. The van der Waals surface area contributed by atoms with Gasteiger partial charge in [0.05, 0.1) is 16.9 Å². The summed E-state index contributed by atoms with van der Waals surface area (Å²) in [7, 11) is 1.71. The zero-order valence-corrected chi connectivity index (χ0v) is 17.0. The second-order valence-corrected chi connectivity index (χ2v) is 7.54. The third kappa shape index (κ3) is 4.17. The van der Waals surface area contributed by atoms with E-state index in [1.165, 1.54) is 16.9 Å². The number of likely N-dealkylation sites (tertiary alicyclic amines) is 1. The highest BCUT2D eigenvalue weighted by Gasteiger charge is 2.38. The standard InChI is InChI=1S/C22H22FN5O3/c1-27-12-8-18(26-27)20(29)25-17-7-3-2-5-15(17)21(30)28-13-9-22(31,10-14-28)16-6-4-11-24-19(16)23/h2-8,11-12,31H,9-10,13-14H2,1H3,(H,25,29). The van der Waals surface area contributed by atoms with Crippen LogP contribution in [0.3, 0.4) is 0 Å². The van der Waals surface area contributed by atoms with Gasteiger partial charge in [0.15, 0.2) is 5.69 Å². The molecule has 2 aromatic heterocycles. The quantitative estimate of drug-likeness (QED) is 0.628. The van der Waals surface area contributed by atoms with Crippen LogP contribution in [0.2, 0.25) is 0 Å². The summed E-state index contributed by atoms with van der Waals surface area (Å²) in [5.74, 6) is -1.39. The number of halogens is 1. The number of carbonyl (C=O) groups excluding carboxylic acids is 2. The van der Waals surface area contributed by atoms with Crippen molar-refractivity contribution < 1.29 is 19.1 Å². The first-order valence-corrected chi connectivity index (χ1v) is 9.90. The van der Waals surface area contributed by atoms with Crippen LogP contribution in [-0.4, -0.2) is 49.7 Å². The summed E-state index contributed by atoms with van der Waals surface area (Å²) in [6.45, 7) is 0.485. The molecule has 0 saturated carbocycles. The average Bonchev–Trinajstić information content (AvgIpc) is 3.21. The van der Waals surface area contributed by atoms with E-state index in [1.54, 1.807) is 54.5 Å². The third-order valence-electron chi connectivity index (χ3n) is 5.49. The number of para-hydroxylation sites is 1. The molecule has 160 valence electrons. The van der Waals surface area contributed by atoms with Gasteiger partial charge in [-0.3, -0.25) is 14.3 Å². The van der Waals surface area contributed by atoms with E-state index in [0.29, 0.717) is 11.3 Å². The van der Waals surface area contributed by atoms with E-state index in [9.17, 15) is 19.1 Å². The zero-order chi connectivity index (χ0) is 22.0. The number of hydrogen-bond donors (Lipinski definition) is 2. The smallest absolute Gasteiger partial charge is 0.276 e. The van der Waals surface area contributed by atoms with Gasteiger partial charge in [-0.2, -0.15) is 9.49 Å². The maximum Gasteiger partial charge on any atom is 0.276 e. The summed E-state index contributed by atoms with van der Waals surface area (Å²) >= 11 is 0. The molecule has 1 saturated heterocycles. The van der Waals surface area contributed by atoms with Gasteiger partial charge in [-0.1, -0.05) is 18.2 Å². The number of anilines is 1. The largest absolute Gasteiger partial charge is 0.385 e. The number of nitrogens with one attached hydrogen (secondary N) is 1. The number of aliphatic hydroxyl groups is 1. The first kappa shape index (κ1) is 20.7. The van der Waals surface area contributed by atoms with Crippen LogP contribution < -0.4 is 5.32 Å². The Bertz CT molecular complexity index is 1120. The highest BCUT2D eigenvalue weighted by Crippen LogP contribution is 2.34.